The second-order valence-electron chi connectivity index (χ2n) is 5.52. The molecular formula is C16H18N4O3. The van der Waals surface area contributed by atoms with Gasteiger partial charge in [0.25, 0.3) is 5.91 Å². The maximum atomic E-state index is 12.4. The number of carbonyl (C=O) groups excluding carboxylic acids is 2. The maximum Gasteiger partial charge on any atom is 0.321 e. The summed E-state index contributed by atoms with van der Waals surface area (Å²) in [7, 11) is 1.72. The van der Waals surface area contributed by atoms with E-state index in [9.17, 15) is 9.59 Å². The van der Waals surface area contributed by atoms with Gasteiger partial charge in [-0.2, -0.15) is 0 Å². The lowest BCUT2D eigenvalue weighted by Crippen LogP contribution is -2.28. The Bertz CT molecular complexity index is 723. The number of anilines is 1. The van der Waals surface area contributed by atoms with Crippen LogP contribution in [0.5, 0.6) is 0 Å². The first-order valence-electron chi connectivity index (χ1n) is 7.37. The van der Waals surface area contributed by atoms with Crippen LogP contribution in [0.25, 0.3) is 0 Å². The average Bonchev–Trinajstić information content (AvgIpc) is 3.15. The second kappa shape index (κ2) is 6.12. The molecule has 3 amide bonds. The Morgan fingerprint density at radius 3 is 2.70 bits per heavy atom. The predicted molar refractivity (Wildman–Crippen MR) is 84.2 cm³/mol. The van der Waals surface area contributed by atoms with Crippen LogP contribution >= 0.6 is 0 Å². The fraction of sp³-hybridized carbons (Fsp3) is 0.312. The Balaban J connectivity index is 1.68. The van der Waals surface area contributed by atoms with E-state index in [-0.39, 0.29) is 11.9 Å². The number of amides is 3. The first-order valence-corrected chi connectivity index (χ1v) is 7.37. The fourth-order valence-corrected chi connectivity index (χ4v) is 2.53. The summed E-state index contributed by atoms with van der Waals surface area (Å²) in [6.07, 6.45) is 0. The SMILES string of the molecule is Cc1cc(CN(C)C(=O)c2ccc(N3CCNC3=O)cc2)no1. The third-order valence-electron chi connectivity index (χ3n) is 3.71. The summed E-state index contributed by atoms with van der Waals surface area (Å²) in [4.78, 5) is 27.3. The molecule has 0 saturated carbocycles. The van der Waals surface area contributed by atoms with Crippen molar-refractivity contribution in [2.45, 2.75) is 13.5 Å². The van der Waals surface area contributed by atoms with E-state index >= 15 is 0 Å². The Hall–Kier alpha value is -2.83. The van der Waals surface area contributed by atoms with Gasteiger partial charge in [0.15, 0.2) is 0 Å². The van der Waals surface area contributed by atoms with Crippen molar-refractivity contribution in [3.05, 3.63) is 47.3 Å². The molecule has 1 aromatic carbocycles. The minimum absolute atomic E-state index is 0.108. The molecule has 7 nitrogen and oxygen atoms in total. The first kappa shape index (κ1) is 15.1. The average molecular weight is 314 g/mol. The Morgan fingerprint density at radius 1 is 1.39 bits per heavy atom. The predicted octanol–water partition coefficient (Wildman–Crippen LogP) is 1.78. The molecule has 1 aromatic heterocycles. The second-order valence-corrected chi connectivity index (χ2v) is 5.52. The van der Waals surface area contributed by atoms with E-state index in [1.807, 2.05) is 6.92 Å². The molecule has 2 aromatic rings. The fourth-order valence-electron chi connectivity index (χ4n) is 2.53. The topological polar surface area (TPSA) is 78.7 Å². The van der Waals surface area contributed by atoms with Crippen LogP contribution in [0.15, 0.2) is 34.9 Å². The molecule has 0 atom stereocenters. The van der Waals surface area contributed by atoms with Crippen molar-refractivity contribution in [3.8, 4) is 0 Å². The van der Waals surface area contributed by atoms with Crippen molar-refractivity contribution in [3.63, 3.8) is 0 Å². The molecule has 0 spiro atoms. The zero-order chi connectivity index (χ0) is 16.4. The number of hydrogen-bond acceptors (Lipinski definition) is 4. The normalized spacial score (nSPS) is 14.0. The van der Waals surface area contributed by atoms with Crippen molar-refractivity contribution < 1.29 is 14.1 Å². The summed E-state index contributed by atoms with van der Waals surface area (Å²) in [5, 5.41) is 6.64. The molecule has 1 saturated heterocycles. The smallest absolute Gasteiger partial charge is 0.321 e. The van der Waals surface area contributed by atoms with Crippen molar-refractivity contribution >= 4 is 17.6 Å². The molecule has 120 valence electrons. The van der Waals surface area contributed by atoms with Gasteiger partial charge in [0.05, 0.1) is 6.54 Å². The summed E-state index contributed by atoms with van der Waals surface area (Å²) in [5.41, 5.74) is 2.06. The quantitative estimate of drug-likeness (QED) is 0.933. The van der Waals surface area contributed by atoms with Gasteiger partial charge < -0.3 is 14.7 Å². The lowest BCUT2D eigenvalue weighted by molar-refractivity contribution is 0.0782. The summed E-state index contributed by atoms with van der Waals surface area (Å²) in [6, 6.07) is 8.72. The van der Waals surface area contributed by atoms with Gasteiger partial charge in [-0.15, -0.1) is 0 Å². The Kier molecular flexibility index (Phi) is 4.01. The zero-order valence-corrected chi connectivity index (χ0v) is 13.1. The lowest BCUT2D eigenvalue weighted by atomic mass is 10.1. The molecule has 1 N–H and O–H groups in total. The highest BCUT2D eigenvalue weighted by atomic mass is 16.5. The van der Waals surface area contributed by atoms with Gasteiger partial charge >= 0.3 is 6.03 Å². The molecule has 0 bridgehead atoms. The van der Waals surface area contributed by atoms with Gasteiger partial charge in [0.1, 0.15) is 11.5 Å². The largest absolute Gasteiger partial charge is 0.361 e. The van der Waals surface area contributed by atoms with E-state index in [1.165, 1.54) is 0 Å². The van der Waals surface area contributed by atoms with Crippen LogP contribution < -0.4 is 10.2 Å². The van der Waals surface area contributed by atoms with E-state index in [0.717, 1.165) is 5.69 Å². The summed E-state index contributed by atoms with van der Waals surface area (Å²) < 4.78 is 5.00. The molecular weight excluding hydrogens is 296 g/mol. The molecule has 0 radical (unpaired) electrons. The van der Waals surface area contributed by atoms with E-state index in [1.54, 1.807) is 47.2 Å². The number of carbonyl (C=O) groups is 2. The molecule has 1 aliphatic rings. The molecule has 0 aliphatic carbocycles. The highest BCUT2D eigenvalue weighted by molar-refractivity contribution is 5.96. The van der Waals surface area contributed by atoms with Crippen molar-refractivity contribution in [2.75, 3.05) is 25.0 Å². The highest BCUT2D eigenvalue weighted by Crippen LogP contribution is 2.18. The van der Waals surface area contributed by atoms with Crippen molar-refractivity contribution in [1.82, 2.24) is 15.4 Å². The minimum atomic E-state index is -0.109. The number of hydrogen-bond donors (Lipinski definition) is 1. The standard InChI is InChI=1S/C16H18N4O3/c1-11-9-13(18-23-11)10-19(2)15(21)12-3-5-14(6-4-12)20-8-7-17-16(20)22/h3-6,9H,7-8,10H2,1-2H3,(H,17,22). The summed E-state index contributed by atoms with van der Waals surface area (Å²) >= 11 is 0. The van der Waals surface area contributed by atoms with Crippen molar-refractivity contribution in [1.29, 1.82) is 0 Å². The molecule has 7 heteroatoms. The van der Waals surface area contributed by atoms with E-state index in [2.05, 4.69) is 10.5 Å². The number of aryl methyl sites for hydroxylation is 1. The van der Waals surface area contributed by atoms with Crippen LogP contribution in [-0.2, 0) is 6.54 Å². The van der Waals surface area contributed by atoms with Crippen LogP contribution in [0.2, 0.25) is 0 Å². The number of nitrogens with one attached hydrogen (secondary N) is 1. The van der Waals surface area contributed by atoms with Gasteiger partial charge in [-0.3, -0.25) is 9.69 Å². The molecule has 1 aliphatic heterocycles. The number of benzene rings is 1. The number of urea groups is 1. The van der Waals surface area contributed by atoms with Crippen LogP contribution in [0, 0.1) is 6.92 Å². The molecule has 0 unspecified atom stereocenters. The first-order chi connectivity index (χ1) is 11.0. The van der Waals surface area contributed by atoms with Crippen LogP contribution in [0.1, 0.15) is 21.8 Å². The third-order valence-corrected chi connectivity index (χ3v) is 3.71. The van der Waals surface area contributed by atoms with Gasteiger partial charge in [0.2, 0.25) is 0 Å². The van der Waals surface area contributed by atoms with E-state index < -0.39 is 0 Å². The molecule has 3 rings (SSSR count). The maximum absolute atomic E-state index is 12.4. The molecule has 1 fully saturated rings. The Labute approximate surface area is 133 Å². The number of rotatable bonds is 4. The van der Waals surface area contributed by atoms with Crippen LogP contribution in [0.4, 0.5) is 10.5 Å². The number of nitrogens with zero attached hydrogens (tertiary/aromatic N) is 3. The van der Waals surface area contributed by atoms with Gasteiger partial charge in [0, 0.05) is 37.5 Å². The van der Waals surface area contributed by atoms with Gasteiger partial charge in [-0.1, -0.05) is 5.16 Å². The lowest BCUT2D eigenvalue weighted by Gasteiger charge is -2.17. The summed E-state index contributed by atoms with van der Waals surface area (Å²) in [5.74, 6) is 0.608. The highest BCUT2D eigenvalue weighted by Gasteiger charge is 2.21. The molecule has 23 heavy (non-hydrogen) atoms. The van der Waals surface area contributed by atoms with Crippen molar-refractivity contribution in [2.24, 2.45) is 0 Å². The van der Waals surface area contributed by atoms with Crippen LogP contribution in [0.3, 0.4) is 0 Å². The monoisotopic (exact) mass is 314 g/mol. The van der Waals surface area contributed by atoms with E-state index in [0.29, 0.717) is 36.7 Å². The Morgan fingerprint density at radius 2 is 2.13 bits per heavy atom. The summed E-state index contributed by atoms with van der Waals surface area (Å²) in [6.45, 7) is 3.47. The number of aromatic nitrogens is 1. The molecule has 2 heterocycles. The van der Waals surface area contributed by atoms with Crippen LogP contribution in [-0.4, -0.2) is 42.1 Å². The van der Waals surface area contributed by atoms with E-state index in [4.69, 9.17) is 4.52 Å². The zero-order valence-electron chi connectivity index (χ0n) is 13.1. The van der Waals surface area contributed by atoms with Gasteiger partial charge in [-0.05, 0) is 31.2 Å². The minimum Gasteiger partial charge on any atom is -0.361 e. The third kappa shape index (κ3) is 3.18. The van der Waals surface area contributed by atoms with Gasteiger partial charge in [-0.25, -0.2) is 4.79 Å².